The lowest BCUT2D eigenvalue weighted by Crippen LogP contribution is -2.20. The van der Waals surface area contributed by atoms with Crippen LogP contribution in [0.4, 0.5) is 4.39 Å². The van der Waals surface area contributed by atoms with Crippen molar-refractivity contribution in [3.8, 4) is 16.9 Å². The highest BCUT2D eigenvalue weighted by Crippen LogP contribution is 2.44. The van der Waals surface area contributed by atoms with Crippen LogP contribution in [0.1, 0.15) is 76.3 Å². The van der Waals surface area contributed by atoms with Crippen molar-refractivity contribution in [3.63, 3.8) is 0 Å². The first-order chi connectivity index (χ1) is 26.1. The number of aromatic nitrogens is 5. The zero-order chi connectivity index (χ0) is 37.7. The summed E-state index contributed by atoms with van der Waals surface area (Å²) in [6.45, 7) is 5.52. The Balaban J connectivity index is 1.27. The Bertz CT molecular complexity index is 2410. The minimum Gasteiger partial charge on any atom is -0.493 e. The van der Waals surface area contributed by atoms with Gasteiger partial charge < -0.3 is 18.8 Å². The van der Waals surface area contributed by atoms with Crippen LogP contribution in [0.2, 0.25) is 10.0 Å². The normalized spacial score (nSPS) is 17.0. The quantitative estimate of drug-likeness (QED) is 0.162. The van der Waals surface area contributed by atoms with Crippen molar-refractivity contribution in [1.82, 2.24) is 24.1 Å². The van der Waals surface area contributed by atoms with E-state index in [9.17, 15) is 4.79 Å². The van der Waals surface area contributed by atoms with E-state index in [1.165, 1.54) is 7.11 Å². The van der Waals surface area contributed by atoms with Crippen molar-refractivity contribution in [1.29, 1.82) is 0 Å². The Kier molecular flexibility index (Phi) is 10.4. The maximum atomic E-state index is 15.4. The molecule has 1 atom stereocenters. The van der Waals surface area contributed by atoms with E-state index in [-0.39, 0.29) is 11.3 Å². The van der Waals surface area contributed by atoms with Gasteiger partial charge in [-0.2, -0.15) is 10.2 Å². The van der Waals surface area contributed by atoms with E-state index in [1.54, 1.807) is 23.9 Å². The Morgan fingerprint density at radius 2 is 1.80 bits per heavy atom. The topological polar surface area (TPSA) is 85.3 Å². The largest absolute Gasteiger partial charge is 0.493 e. The number of esters is 1. The summed E-state index contributed by atoms with van der Waals surface area (Å²) >= 11 is 15.2. The van der Waals surface area contributed by atoms with Gasteiger partial charge in [0.1, 0.15) is 23.5 Å². The highest BCUT2D eigenvalue weighted by Gasteiger charge is 2.30. The van der Waals surface area contributed by atoms with Gasteiger partial charge >= 0.3 is 5.97 Å². The molecule has 54 heavy (non-hydrogen) atoms. The summed E-state index contributed by atoms with van der Waals surface area (Å²) < 4.78 is 39.4. The highest BCUT2D eigenvalue weighted by atomic mass is 35.5. The second-order valence-electron chi connectivity index (χ2n) is 14.1. The third-order valence-electron chi connectivity index (χ3n) is 10.7. The molecule has 0 N–H and O–H groups in total. The molecule has 6 aromatic rings. The molecule has 3 aromatic heterocycles. The van der Waals surface area contributed by atoms with E-state index in [4.69, 9.17) is 47.6 Å². The number of hydrogen-bond acceptors (Lipinski definition) is 7. The van der Waals surface area contributed by atoms with Crippen molar-refractivity contribution in [2.24, 2.45) is 7.05 Å². The zero-order valence-corrected chi connectivity index (χ0v) is 33.1. The summed E-state index contributed by atoms with van der Waals surface area (Å²) in [7, 11) is 3.36. The minimum absolute atomic E-state index is 0.0671. The van der Waals surface area contributed by atoms with Crippen molar-refractivity contribution in [2.45, 2.75) is 76.7 Å². The van der Waals surface area contributed by atoms with E-state index in [0.717, 1.165) is 75.2 Å². The molecule has 0 aliphatic carbocycles. The van der Waals surface area contributed by atoms with Gasteiger partial charge in [-0.05, 0) is 106 Å². The van der Waals surface area contributed by atoms with Gasteiger partial charge in [-0.25, -0.2) is 13.9 Å². The molecule has 0 spiro atoms. The zero-order valence-electron chi connectivity index (χ0n) is 30.8. The molecule has 3 aromatic carbocycles. The van der Waals surface area contributed by atoms with Gasteiger partial charge in [-0.1, -0.05) is 23.2 Å². The number of halogens is 3. The van der Waals surface area contributed by atoms with Gasteiger partial charge in [-0.3, -0.25) is 4.68 Å². The van der Waals surface area contributed by atoms with Crippen molar-refractivity contribution >= 4 is 62.6 Å². The van der Waals surface area contributed by atoms with Gasteiger partial charge in [0, 0.05) is 80.9 Å². The molecule has 8 bridgehead atoms. The average Bonchev–Trinajstić information content (AvgIpc) is 3.79. The number of benzene rings is 3. The molecule has 0 amide bonds. The van der Waals surface area contributed by atoms with Crippen molar-refractivity contribution in [2.75, 3.05) is 20.3 Å². The first-order valence-electron chi connectivity index (χ1n) is 18.4. The lowest BCUT2D eigenvalue weighted by Gasteiger charge is -2.24. The Morgan fingerprint density at radius 3 is 2.59 bits per heavy atom. The number of fused-ring (bicyclic) bond motifs is 8. The fourth-order valence-corrected chi connectivity index (χ4v) is 9.38. The Labute approximate surface area is 327 Å². The predicted octanol–water partition coefficient (Wildman–Crippen LogP) is 9.94. The Hall–Kier alpha value is -4.03. The fraction of sp³-hybridized carbons (Fsp3) is 0.390. The maximum Gasteiger partial charge on any atom is 0.354 e. The summed E-state index contributed by atoms with van der Waals surface area (Å²) in [5.74, 6) is 0.983. The minimum atomic E-state index is -0.466. The van der Waals surface area contributed by atoms with Crippen molar-refractivity contribution < 1.29 is 23.4 Å². The van der Waals surface area contributed by atoms with Gasteiger partial charge in [0.2, 0.25) is 0 Å². The van der Waals surface area contributed by atoms with Crippen LogP contribution in [0.15, 0.2) is 42.5 Å². The monoisotopic (exact) mass is 789 g/mol. The molecular weight excluding hydrogens is 748 g/mol. The maximum absolute atomic E-state index is 15.4. The van der Waals surface area contributed by atoms with Crippen LogP contribution in [0.25, 0.3) is 32.8 Å². The van der Waals surface area contributed by atoms with Gasteiger partial charge in [0.05, 0.1) is 30.1 Å². The van der Waals surface area contributed by atoms with E-state index >= 15 is 4.39 Å². The van der Waals surface area contributed by atoms with Crippen LogP contribution in [-0.2, 0) is 47.4 Å². The molecule has 8 rings (SSSR count). The number of methoxy groups -OCH3 is 1. The van der Waals surface area contributed by atoms with Gasteiger partial charge in [0.25, 0.3) is 0 Å². The smallest absolute Gasteiger partial charge is 0.354 e. The number of carbonyl (C=O) groups excluding carboxylic acids is 1. The first-order valence-corrected chi connectivity index (χ1v) is 20.3. The molecule has 2 aliphatic rings. The van der Waals surface area contributed by atoms with E-state index in [2.05, 4.69) is 13.0 Å². The molecule has 1 unspecified atom stereocenters. The van der Waals surface area contributed by atoms with E-state index in [1.807, 2.05) is 52.2 Å². The summed E-state index contributed by atoms with van der Waals surface area (Å²) in [5, 5.41) is 12.7. The second-order valence-corrected chi connectivity index (χ2v) is 15.9. The molecule has 2 aliphatic heterocycles. The molecule has 9 nitrogen and oxygen atoms in total. The van der Waals surface area contributed by atoms with E-state index in [0.29, 0.717) is 77.8 Å². The summed E-state index contributed by atoms with van der Waals surface area (Å²) in [5.41, 5.74) is 8.77. The molecule has 0 radical (unpaired) electrons. The summed E-state index contributed by atoms with van der Waals surface area (Å²) in [6.07, 6.45) is 4.76. The van der Waals surface area contributed by atoms with Gasteiger partial charge in [-0.15, -0.1) is 11.8 Å². The second kappa shape index (κ2) is 15.2. The number of ether oxygens (including phenoxy) is 3. The molecule has 5 heterocycles. The van der Waals surface area contributed by atoms with Crippen LogP contribution >= 0.6 is 35.0 Å². The molecule has 0 saturated carbocycles. The summed E-state index contributed by atoms with van der Waals surface area (Å²) in [6, 6.07) is 13.2. The van der Waals surface area contributed by atoms with Crippen LogP contribution < -0.4 is 4.74 Å². The lowest BCUT2D eigenvalue weighted by molar-refractivity contribution is -0.0407. The standard InChI is InChI=1S/C41H42Cl2FN5O4S/c1-23-36-33-14-13-30(42)38(36)37-24(2)49(35-8-5-6-16-53-35)46-32(37)22-54-21-26-20-27(47(3)45-26)10-9-25-18-29-28(11-12-31(43)39(29)44)34(19-25)52-17-7-15-48(33)40(23)41(50)51-4/h11-14,18-20,35H,5-10,15-17,21-22H2,1-4H3. The Morgan fingerprint density at radius 1 is 0.963 bits per heavy atom. The number of thioether (sulfide) groups is 1. The van der Waals surface area contributed by atoms with Gasteiger partial charge in [0.15, 0.2) is 0 Å². The number of carbonyl (C=O) groups is 1. The number of aryl methyl sites for hydroxylation is 5. The molecule has 282 valence electrons. The van der Waals surface area contributed by atoms with Crippen LogP contribution in [0, 0.1) is 19.7 Å². The molecule has 1 fully saturated rings. The van der Waals surface area contributed by atoms with E-state index < -0.39 is 11.8 Å². The number of rotatable bonds is 2. The SMILES string of the molecule is COC(=O)c1c(C)c2c3c(Cl)ccc2n1CCCOc1cc(cc2c(F)c(Cl)ccc12)CCc1cc(nn1C)CSCc1nn(C2CCCCO2)c(C)c1-3. The number of hydrogen-bond donors (Lipinski definition) is 0. The predicted molar refractivity (Wildman–Crippen MR) is 212 cm³/mol. The first kappa shape index (κ1) is 36.9. The molecule has 1 saturated heterocycles. The average molecular weight is 791 g/mol. The van der Waals surface area contributed by atoms with Crippen LogP contribution in [0.5, 0.6) is 5.75 Å². The highest BCUT2D eigenvalue weighted by molar-refractivity contribution is 7.97. The van der Waals surface area contributed by atoms with Crippen LogP contribution in [-0.4, -0.2) is 50.4 Å². The number of nitrogens with zero attached hydrogens (tertiary/aromatic N) is 5. The fourth-order valence-electron chi connectivity index (χ4n) is 8.12. The van der Waals surface area contributed by atoms with Crippen molar-refractivity contribution in [3.05, 3.63) is 97.9 Å². The lowest BCUT2D eigenvalue weighted by atomic mass is 9.97. The third kappa shape index (κ3) is 6.67. The van der Waals surface area contributed by atoms with Crippen LogP contribution in [0.3, 0.4) is 0 Å². The molecule has 13 heteroatoms. The third-order valence-corrected chi connectivity index (χ3v) is 12.3. The molecular formula is C41H42Cl2FN5O4S. The summed E-state index contributed by atoms with van der Waals surface area (Å²) in [4.78, 5) is 13.5.